The van der Waals surface area contributed by atoms with Gasteiger partial charge in [-0.15, -0.1) is 28.0 Å². The Morgan fingerprint density at radius 2 is 1.19 bits per heavy atom. The molecule has 2 nitrogen and oxygen atoms in total. The molecule has 0 fully saturated rings. The van der Waals surface area contributed by atoms with E-state index in [0.29, 0.717) is 0 Å². The molecule has 282 valence electrons. The second-order valence-corrected chi connectivity index (χ2v) is 17.4. The molecular formula is C49H54Cl2O2Zr-2. The number of hydrogen-bond donors (Lipinski definition) is 0. The Hall–Kier alpha value is -3.36. The van der Waals surface area contributed by atoms with Gasteiger partial charge in [-0.05, 0) is 56.1 Å². The molecule has 0 bridgehead atoms. The summed E-state index contributed by atoms with van der Waals surface area (Å²) in [6, 6.07) is 46.6. The Morgan fingerprint density at radius 3 is 1.70 bits per heavy atom. The van der Waals surface area contributed by atoms with Crippen molar-refractivity contribution in [1.82, 2.24) is 0 Å². The molecule has 0 heterocycles. The van der Waals surface area contributed by atoms with Crippen molar-refractivity contribution in [3.8, 4) is 22.6 Å². The zero-order chi connectivity index (χ0) is 37.6. The SMILES string of the molecule is CC(C)(C)c1[c-]c2c(cc1)-c1ccc(C(C)(C)C)cc1C2.CC(C)Oc1cc2cc[cH-]c2cc1OC(C)C.[Cl-].[Cl-].[Zr+2]=[C](c1ccccc1)c1ccccc1. The summed E-state index contributed by atoms with van der Waals surface area (Å²) >= 11 is 1.46. The van der Waals surface area contributed by atoms with E-state index in [1.165, 1.54) is 82.7 Å². The van der Waals surface area contributed by atoms with Gasteiger partial charge in [-0.3, -0.25) is 0 Å². The van der Waals surface area contributed by atoms with Gasteiger partial charge in [0.15, 0.2) is 0 Å². The summed E-state index contributed by atoms with van der Waals surface area (Å²) in [5.41, 5.74) is 11.4. The summed E-state index contributed by atoms with van der Waals surface area (Å²) in [4.78, 5) is 0. The van der Waals surface area contributed by atoms with Gasteiger partial charge in [0.2, 0.25) is 0 Å². The molecule has 0 radical (unpaired) electrons. The third kappa shape index (κ3) is 11.8. The van der Waals surface area contributed by atoms with Gasteiger partial charge in [0.05, 0.1) is 12.2 Å². The summed E-state index contributed by atoms with van der Waals surface area (Å²) in [6.45, 7) is 21.7. The van der Waals surface area contributed by atoms with Gasteiger partial charge >= 0.3 is 99.2 Å². The summed E-state index contributed by atoms with van der Waals surface area (Å²) in [5, 5.41) is 2.38. The molecule has 0 N–H and O–H groups in total. The first kappa shape index (κ1) is 45.0. The summed E-state index contributed by atoms with van der Waals surface area (Å²) in [7, 11) is 0. The standard InChI is InChI=1S/C21H25.C15H19O2.C13H10.2ClH.Zr/c1-20(2,3)16-7-9-18-14(12-16)11-15-13-17(21(4,5)6)8-10-19(15)18;1-10(2)16-14-8-12-6-5-7-13(12)9-15(14)17-11(3)4;1-3-7-12(8-4-1)11-13-9-5-2-6-10-13;;;/h7-10,12H,11H2,1-6H3;5-11H,1-4H3;1-10H;2*1H;/q2*-1;;;;+2/p-2. The van der Waals surface area contributed by atoms with Crippen LogP contribution in [-0.4, -0.2) is 15.4 Å². The zero-order valence-corrected chi connectivity index (χ0v) is 37.5. The van der Waals surface area contributed by atoms with E-state index in [0.717, 1.165) is 17.9 Å². The molecule has 0 saturated carbocycles. The summed E-state index contributed by atoms with van der Waals surface area (Å²) in [5.74, 6) is 1.65. The van der Waals surface area contributed by atoms with Crippen LogP contribution in [0, 0.1) is 6.07 Å². The fourth-order valence-electron chi connectivity index (χ4n) is 6.23. The number of halogens is 2. The van der Waals surface area contributed by atoms with Crippen LogP contribution in [0.1, 0.15) is 103 Å². The second kappa shape index (κ2) is 19.5. The van der Waals surface area contributed by atoms with Crippen LogP contribution >= 0.6 is 0 Å². The van der Waals surface area contributed by atoms with E-state index >= 15 is 0 Å². The molecule has 1 aliphatic carbocycles. The molecule has 7 rings (SSSR count). The molecule has 0 atom stereocenters. The molecule has 6 aromatic carbocycles. The Kier molecular flexibility index (Phi) is 16.3. The van der Waals surface area contributed by atoms with Crippen LogP contribution < -0.4 is 34.3 Å². The van der Waals surface area contributed by atoms with Crippen LogP contribution in [0.15, 0.2) is 121 Å². The normalized spacial score (nSPS) is 11.6. The van der Waals surface area contributed by atoms with Gasteiger partial charge in [-0.25, -0.2) is 0 Å². The van der Waals surface area contributed by atoms with Crippen LogP contribution in [0.25, 0.3) is 21.9 Å². The Balaban J connectivity index is 0.000000218. The first-order valence-electron chi connectivity index (χ1n) is 18.5. The topological polar surface area (TPSA) is 18.5 Å². The van der Waals surface area contributed by atoms with E-state index in [-0.39, 0.29) is 47.9 Å². The van der Waals surface area contributed by atoms with Crippen molar-refractivity contribution in [3.05, 3.63) is 161 Å². The molecule has 1 aliphatic rings. The van der Waals surface area contributed by atoms with Crippen LogP contribution in [0.3, 0.4) is 0 Å². The minimum absolute atomic E-state index is 0. The van der Waals surface area contributed by atoms with E-state index in [2.05, 4.69) is 151 Å². The quantitative estimate of drug-likeness (QED) is 0.176. The van der Waals surface area contributed by atoms with Crippen molar-refractivity contribution < 1.29 is 58.5 Å². The van der Waals surface area contributed by atoms with Crippen LogP contribution in [0.5, 0.6) is 11.5 Å². The van der Waals surface area contributed by atoms with Gasteiger partial charge in [0.1, 0.15) is 11.5 Å². The van der Waals surface area contributed by atoms with E-state index in [1.54, 1.807) is 0 Å². The number of ether oxygens (including phenoxy) is 2. The van der Waals surface area contributed by atoms with E-state index in [4.69, 9.17) is 9.47 Å². The van der Waals surface area contributed by atoms with Crippen molar-refractivity contribution in [3.63, 3.8) is 0 Å². The van der Waals surface area contributed by atoms with E-state index in [9.17, 15) is 0 Å². The van der Waals surface area contributed by atoms with Crippen LogP contribution in [-0.2, 0) is 41.5 Å². The predicted molar refractivity (Wildman–Crippen MR) is 218 cm³/mol. The first-order chi connectivity index (χ1) is 24.6. The molecule has 0 aromatic heterocycles. The number of hydrogen-bond acceptors (Lipinski definition) is 2. The minimum atomic E-state index is 0. The van der Waals surface area contributed by atoms with E-state index < -0.39 is 0 Å². The number of rotatable bonds is 6. The number of fused-ring (bicyclic) bond motifs is 4. The Morgan fingerprint density at radius 1 is 0.648 bits per heavy atom. The van der Waals surface area contributed by atoms with Gasteiger partial charge in [-0.2, -0.15) is 35.9 Å². The maximum atomic E-state index is 5.80. The number of benzene rings is 5. The average Bonchev–Trinajstić information content (AvgIpc) is 3.71. The van der Waals surface area contributed by atoms with Crippen molar-refractivity contribution in [2.75, 3.05) is 0 Å². The van der Waals surface area contributed by atoms with E-state index in [1.807, 2.05) is 45.9 Å². The zero-order valence-electron chi connectivity index (χ0n) is 33.5. The Labute approximate surface area is 352 Å². The first-order valence-corrected chi connectivity index (χ1v) is 19.7. The van der Waals surface area contributed by atoms with Gasteiger partial charge in [0, 0.05) is 0 Å². The molecule has 0 unspecified atom stereocenters. The third-order valence-electron chi connectivity index (χ3n) is 9.02. The fourth-order valence-corrected chi connectivity index (χ4v) is 7.05. The van der Waals surface area contributed by atoms with Crippen molar-refractivity contribution in [2.24, 2.45) is 0 Å². The van der Waals surface area contributed by atoms with Crippen molar-refractivity contribution in [1.29, 1.82) is 0 Å². The third-order valence-corrected chi connectivity index (χ3v) is 10.4. The van der Waals surface area contributed by atoms with Crippen LogP contribution in [0.4, 0.5) is 0 Å². The molecule has 54 heavy (non-hydrogen) atoms. The van der Waals surface area contributed by atoms with Gasteiger partial charge < -0.3 is 34.3 Å². The van der Waals surface area contributed by atoms with Crippen LogP contribution in [0.2, 0.25) is 0 Å². The fraction of sp³-hybridized carbons (Fsp3) is 0.306. The molecule has 0 amide bonds. The molecular weight excluding hydrogens is 783 g/mol. The van der Waals surface area contributed by atoms with Crippen molar-refractivity contribution in [2.45, 2.75) is 98.7 Å². The molecule has 6 aromatic rings. The van der Waals surface area contributed by atoms with Gasteiger partial charge in [0.25, 0.3) is 0 Å². The Bertz CT molecular complexity index is 1950. The summed E-state index contributed by atoms with van der Waals surface area (Å²) < 4.78 is 13.0. The molecule has 0 saturated heterocycles. The molecule has 0 aliphatic heterocycles. The monoisotopic (exact) mass is 834 g/mol. The molecule has 0 spiro atoms. The maximum absolute atomic E-state index is 5.80. The average molecular weight is 837 g/mol. The molecule has 5 heteroatoms. The second-order valence-electron chi connectivity index (χ2n) is 16.2. The van der Waals surface area contributed by atoms with Gasteiger partial charge in [-0.1, -0.05) is 77.4 Å². The predicted octanol–water partition coefficient (Wildman–Crippen LogP) is 6.60. The summed E-state index contributed by atoms with van der Waals surface area (Å²) in [6.07, 6.45) is 1.33. The van der Waals surface area contributed by atoms with Crippen molar-refractivity contribution >= 4 is 14.0 Å².